The molecule has 0 fully saturated rings. The van der Waals surface area contributed by atoms with Gasteiger partial charge in [-0.25, -0.2) is 9.18 Å². The van der Waals surface area contributed by atoms with Gasteiger partial charge in [-0.2, -0.15) is 0 Å². The third-order valence-electron chi connectivity index (χ3n) is 5.30. The average Bonchev–Trinajstić information content (AvgIpc) is 2.80. The molecule has 3 aromatic carbocycles. The average molecular weight is 429 g/mol. The summed E-state index contributed by atoms with van der Waals surface area (Å²) in [4.78, 5) is 30.2. The lowest BCUT2D eigenvalue weighted by molar-refractivity contribution is 0.191. The summed E-state index contributed by atoms with van der Waals surface area (Å²) in [6.45, 7) is 2.72. The maximum Gasteiger partial charge on any atom is 0.318 e. The van der Waals surface area contributed by atoms with E-state index in [1.807, 2.05) is 61.5 Å². The van der Waals surface area contributed by atoms with Crippen LogP contribution in [0.4, 0.5) is 9.18 Å². The Hall–Kier alpha value is -3.93. The molecular formula is C26H24FN3O2. The molecule has 6 heteroatoms. The molecule has 4 rings (SSSR count). The van der Waals surface area contributed by atoms with Crippen molar-refractivity contribution in [3.63, 3.8) is 0 Å². The fourth-order valence-corrected chi connectivity index (χ4v) is 3.59. The van der Waals surface area contributed by atoms with Gasteiger partial charge in [0.15, 0.2) is 0 Å². The van der Waals surface area contributed by atoms with E-state index in [1.165, 1.54) is 12.1 Å². The van der Waals surface area contributed by atoms with Crippen molar-refractivity contribution in [3.8, 4) is 0 Å². The van der Waals surface area contributed by atoms with Crippen molar-refractivity contribution in [3.05, 3.63) is 117 Å². The molecule has 4 aromatic rings. The predicted molar refractivity (Wildman–Crippen MR) is 124 cm³/mol. The Bertz CT molecular complexity index is 1280. The lowest BCUT2D eigenvalue weighted by Gasteiger charge is -2.23. The van der Waals surface area contributed by atoms with Crippen LogP contribution >= 0.6 is 0 Å². The SMILES string of the molecule is Cc1ccc2[nH]c(=O)c(CN(Cc3ccc(F)cc3)C(=O)NCc3ccccc3)cc2c1. The summed E-state index contributed by atoms with van der Waals surface area (Å²) in [5.74, 6) is -0.338. The number of nitrogens with zero attached hydrogens (tertiary/aromatic N) is 1. The molecule has 5 nitrogen and oxygen atoms in total. The Kier molecular flexibility index (Phi) is 6.31. The van der Waals surface area contributed by atoms with Crippen molar-refractivity contribution in [2.75, 3.05) is 0 Å². The van der Waals surface area contributed by atoms with Crippen molar-refractivity contribution in [2.24, 2.45) is 0 Å². The highest BCUT2D eigenvalue weighted by atomic mass is 19.1. The molecule has 0 saturated carbocycles. The molecule has 0 aliphatic carbocycles. The van der Waals surface area contributed by atoms with Crippen molar-refractivity contribution in [2.45, 2.75) is 26.6 Å². The summed E-state index contributed by atoms with van der Waals surface area (Å²) in [5.41, 5.74) is 3.83. The van der Waals surface area contributed by atoms with Gasteiger partial charge in [-0.15, -0.1) is 0 Å². The number of halogens is 1. The standard InChI is InChI=1S/C26H24FN3O2/c1-18-7-12-24-21(13-18)14-22(25(31)29-24)17-30(16-20-8-10-23(27)11-9-20)26(32)28-15-19-5-3-2-4-6-19/h2-14H,15-17H2,1H3,(H,28,32)(H,29,31). The van der Waals surface area contributed by atoms with Gasteiger partial charge >= 0.3 is 6.03 Å². The van der Waals surface area contributed by atoms with Crippen molar-refractivity contribution >= 4 is 16.9 Å². The van der Waals surface area contributed by atoms with Gasteiger partial charge in [0, 0.05) is 24.2 Å². The van der Waals surface area contributed by atoms with E-state index in [4.69, 9.17) is 0 Å². The Balaban J connectivity index is 1.60. The van der Waals surface area contributed by atoms with Crippen LogP contribution in [-0.2, 0) is 19.6 Å². The Morgan fingerprint density at radius 2 is 1.69 bits per heavy atom. The summed E-state index contributed by atoms with van der Waals surface area (Å²) in [6, 6.07) is 22.9. The molecule has 2 amide bonds. The van der Waals surface area contributed by atoms with Gasteiger partial charge in [0.2, 0.25) is 0 Å². The maximum atomic E-state index is 13.3. The molecule has 162 valence electrons. The molecule has 2 N–H and O–H groups in total. The van der Waals surface area contributed by atoms with Crippen LogP contribution in [0.5, 0.6) is 0 Å². The van der Waals surface area contributed by atoms with Crippen LogP contribution in [0.2, 0.25) is 0 Å². The van der Waals surface area contributed by atoms with Crippen molar-refractivity contribution < 1.29 is 9.18 Å². The molecule has 32 heavy (non-hydrogen) atoms. The molecule has 1 heterocycles. The minimum Gasteiger partial charge on any atom is -0.334 e. The molecule has 0 saturated heterocycles. The molecular weight excluding hydrogens is 405 g/mol. The number of carbonyl (C=O) groups is 1. The number of benzene rings is 3. The maximum absolute atomic E-state index is 13.3. The minimum absolute atomic E-state index is 0.122. The third-order valence-corrected chi connectivity index (χ3v) is 5.30. The van der Waals surface area contributed by atoms with E-state index in [0.29, 0.717) is 12.1 Å². The third kappa shape index (κ3) is 5.21. The first kappa shape index (κ1) is 21.3. The Morgan fingerprint density at radius 3 is 2.44 bits per heavy atom. The molecule has 0 aliphatic heterocycles. The zero-order chi connectivity index (χ0) is 22.5. The summed E-state index contributed by atoms with van der Waals surface area (Å²) >= 11 is 0. The number of H-pyrrole nitrogens is 1. The minimum atomic E-state index is -0.338. The van der Waals surface area contributed by atoms with Crippen LogP contribution in [0.3, 0.4) is 0 Å². The van der Waals surface area contributed by atoms with Gasteiger partial charge in [-0.3, -0.25) is 4.79 Å². The van der Waals surface area contributed by atoms with Crippen LogP contribution < -0.4 is 10.9 Å². The topological polar surface area (TPSA) is 65.2 Å². The number of hydrogen-bond acceptors (Lipinski definition) is 2. The van der Waals surface area contributed by atoms with Crippen LogP contribution in [0, 0.1) is 12.7 Å². The van der Waals surface area contributed by atoms with Gasteiger partial charge in [0.25, 0.3) is 5.56 Å². The summed E-state index contributed by atoms with van der Waals surface area (Å²) in [7, 11) is 0. The highest BCUT2D eigenvalue weighted by molar-refractivity contribution is 5.80. The molecule has 0 unspecified atom stereocenters. The van der Waals surface area contributed by atoms with Gasteiger partial charge < -0.3 is 15.2 Å². The Labute approximate surface area is 185 Å². The number of aromatic amines is 1. The van der Waals surface area contributed by atoms with Crippen LogP contribution in [0.15, 0.2) is 83.7 Å². The van der Waals surface area contributed by atoms with Crippen LogP contribution in [0.25, 0.3) is 10.9 Å². The zero-order valence-electron chi connectivity index (χ0n) is 17.8. The Morgan fingerprint density at radius 1 is 0.938 bits per heavy atom. The van der Waals surface area contributed by atoms with Crippen molar-refractivity contribution in [1.29, 1.82) is 0 Å². The first-order valence-corrected chi connectivity index (χ1v) is 10.4. The summed E-state index contributed by atoms with van der Waals surface area (Å²) in [5, 5.41) is 3.83. The normalized spacial score (nSPS) is 10.8. The number of aromatic nitrogens is 1. The lowest BCUT2D eigenvalue weighted by atomic mass is 10.1. The smallest absolute Gasteiger partial charge is 0.318 e. The largest absolute Gasteiger partial charge is 0.334 e. The highest BCUT2D eigenvalue weighted by Crippen LogP contribution is 2.16. The van der Waals surface area contributed by atoms with Gasteiger partial charge in [0.1, 0.15) is 5.82 Å². The lowest BCUT2D eigenvalue weighted by Crippen LogP contribution is -2.39. The second-order valence-corrected chi connectivity index (χ2v) is 7.84. The number of aryl methyl sites for hydroxylation is 1. The first-order valence-electron chi connectivity index (χ1n) is 10.4. The molecule has 0 spiro atoms. The number of rotatable bonds is 6. The van der Waals surface area contributed by atoms with E-state index < -0.39 is 0 Å². The molecule has 0 radical (unpaired) electrons. The second-order valence-electron chi connectivity index (χ2n) is 7.84. The molecule has 0 atom stereocenters. The number of pyridine rings is 1. The van der Waals surface area contributed by atoms with E-state index >= 15 is 0 Å². The number of hydrogen-bond donors (Lipinski definition) is 2. The predicted octanol–water partition coefficient (Wildman–Crippen LogP) is 4.89. The summed E-state index contributed by atoms with van der Waals surface area (Å²) in [6.07, 6.45) is 0. The van der Waals surface area contributed by atoms with Gasteiger partial charge in [-0.05, 0) is 53.8 Å². The van der Waals surface area contributed by atoms with Gasteiger partial charge in [0.05, 0.1) is 6.54 Å². The van der Waals surface area contributed by atoms with E-state index in [0.717, 1.165) is 27.6 Å². The number of nitrogens with one attached hydrogen (secondary N) is 2. The molecule has 0 bridgehead atoms. The zero-order valence-corrected chi connectivity index (χ0v) is 17.8. The molecule has 1 aromatic heterocycles. The van der Waals surface area contributed by atoms with E-state index in [-0.39, 0.29) is 30.5 Å². The van der Waals surface area contributed by atoms with Gasteiger partial charge in [-0.1, -0.05) is 54.1 Å². The fourth-order valence-electron chi connectivity index (χ4n) is 3.59. The number of fused-ring (bicyclic) bond motifs is 1. The van der Waals surface area contributed by atoms with E-state index in [9.17, 15) is 14.0 Å². The monoisotopic (exact) mass is 429 g/mol. The highest BCUT2D eigenvalue weighted by Gasteiger charge is 2.17. The summed E-state index contributed by atoms with van der Waals surface area (Å²) < 4.78 is 13.3. The van der Waals surface area contributed by atoms with Crippen LogP contribution in [-0.4, -0.2) is 15.9 Å². The number of urea groups is 1. The van der Waals surface area contributed by atoms with E-state index in [1.54, 1.807) is 17.0 Å². The quantitative estimate of drug-likeness (QED) is 0.458. The molecule has 0 aliphatic rings. The van der Waals surface area contributed by atoms with Crippen LogP contribution in [0.1, 0.15) is 22.3 Å². The first-order chi connectivity index (χ1) is 15.5. The number of amides is 2. The van der Waals surface area contributed by atoms with E-state index in [2.05, 4.69) is 10.3 Å². The van der Waals surface area contributed by atoms with Crippen molar-refractivity contribution in [1.82, 2.24) is 15.2 Å². The number of carbonyl (C=O) groups excluding carboxylic acids is 1. The second kappa shape index (κ2) is 9.47. The fraction of sp³-hybridized carbons (Fsp3) is 0.154.